The highest BCUT2D eigenvalue weighted by Crippen LogP contribution is 2.21. The SMILES string of the molecule is CCC(C)(C)NC(=O)CN(C)c1ccc2ccccc2c1. The summed E-state index contributed by atoms with van der Waals surface area (Å²) < 4.78 is 0. The number of amides is 1. The van der Waals surface area contributed by atoms with Crippen LogP contribution in [0.1, 0.15) is 27.2 Å². The molecule has 1 amide bonds. The van der Waals surface area contributed by atoms with Gasteiger partial charge in [0.1, 0.15) is 0 Å². The van der Waals surface area contributed by atoms with Crippen molar-refractivity contribution in [2.45, 2.75) is 32.7 Å². The topological polar surface area (TPSA) is 32.3 Å². The Balaban J connectivity index is 2.08. The third kappa shape index (κ3) is 3.97. The van der Waals surface area contributed by atoms with Crippen LogP contribution in [0.2, 0.25) is 0 Å². The van der Waals surface area contributed by atoms with Crippen LogP contribution in [0.5, 0.6) is 0 Å². The van der Waals surface area contributed by atoms with E-state index in [1.807, 2.05) is 37.9 Å². The zero-order valence-corrected chi connectivity index (χ0v) is 13.3. The van der Waals surface area contributed by atoms with Gasteiger partial charge in [-0.2, -0.15) is 0 Å². The first-order chi connectivity index (χ1) is 9.91. The van der Waals surface area contributed by atoms with Crippen LogP contribution in [-0.2, 0) is 4.79 Å². The van der Waals surface area contributed by atoms with Gasteiger partial charge < -0.3 is 10.2 Å². The monoisotopic (exact) mass is 284 g/mol. The summed E-state index contributed by atoms with van der Waals surface area (Å²) in [5.74, 6) is 0.0532. The summed E-state index contributed by atoms with van der Waals surface area (Å²) in [4.78, 5) is 14.1. The average Bonchev–Trinajstić information content (AvgIpc) is 2.46. The second kappa shape index (κ2) is 6.17. The van der Waals surface area contributed by atoms with Crippen LogP contribution >= 0.6 is 0 Å². The van der Waals surface area contributed by atoms with Gasteiger partial charge in [-0.3, -0.25) is 4.79 Å². The smallest absolute Gasteiger partial charge is 0.239 e. The van der Waals surface area contributed by atoms with Crippen LogP contribution in [0.25, 0.3) is 10.8 Å². The highest BCUT2D eigenvalue weighted by atomic mass is 16.2. The number of carbonyl (C=O) groups excluding carboxylic acids is 1. The molecule has 3 heteroatoms. The molecule has 3 nitrogen and oxygen atoms in total. The molecule has 112 valence electrons. The molecule has 2 aromatic carbocycles. The Morgan fingerprint density at radius 2 is 1.81 bits per heavy atom. The summed E-state index contributed by atoms with van der Waals surface area (Å²) in [6.45, 7) is 6.52. The number of anilines is 1. The van der Waals surface area contributed by atoms with Crippen LogP contribution in [0.3, 0.4) is 0 Å². The van der Waals surface area contributed by atoms with E-state index in [1.54, 1.807) is 0 Å². The fourth-order valence-electron chi connectivity index (χ4n) is 2.23. The van der Waals surface area contributed by atoms with Gasteiger partial charge in [-0.25, -0.2) is 0 Å². The van der Waals surface area contributed by atoms with Crippen molar-refractivity contribution in [3.63, 3.8) is 0 Å². The third-order valence-electron chi connectivity index (χ3n) is 3.92. The van der Waals surface area contributed by atoms with Crippen molar-refractivity contribution in [3.05, 3.63) is 42.5 Å². The van der Waals surface area contributed by atoms with E-state index in [4.69, 9.17) is 0 Å². The minimum atomic E-state index is -0.151. The van der Waals surface area contributed by atoms with E-state index < -0.39 is 0 Å². The Morgan fingerprint density at radius 1 is 1.14 bits per heavy atom. The molecule has 0 aliphatic rings. The number of hydrogen-bond acceptors (Lipinski definition) is 2. The maximum absolute atomic E-state index is 12.1. The van der Waals surface area contributed by atoms with Crippen LogP contribution in [-0.4, -0.2) is 25.0 Å². The van der Waals surface area contributed by atoms with Crippen molar-refractivity contribution in [1.29, 1.82) is 0 Å². The van der Waals surface area contributed by atoms with Gasteiger partial charge in [-0.1, -0.05) is 37.3 Å². The third-order valence-corrected chi connectivity index (χ3v) is 3.92. The molecule has 2 aromatic rings. The second-order valence-corrected chi connectivity index (χ2v) is 6.17. The van der Waals surface area contributed by atoms with Gasteiger partial charge in [0.05, 0.1) is 6.54 Å². The van der Waals surface area contributed by atoms with Crippen LogP contribution in [0, 0.1) is 0 Å². The summed E-state index contributed by atoms with van der Waals surface area (Å²) in [5.41, 5.74) is 0.902. The highest BCUT2D eigenvalue weighted by molar-refractivity contribution is 5.87. The molecule has 1 N–H and O–H groups in total. The molecule has 0 unspecified atom stereocenters. The molecule has 0 bridgehead atoms. The number of nitrogens with zero attached hydrogens (tertiary/aromatic N) is 1. The fourth-order valence-corrected chi connectivity index (χ4v) is 2.23. The van der Waals surface area contributed by atoms with Gasteiger partial charge in [0, 0.05) is 18.3 Å². The van der Waals surface area contributed by atoms with E-state index in [0.29, 0.717) is 6.54 Å². The van der Waals surface area contributed by atoms with Crippen molar-refractivity contribution in [2.24, 2.45) is 0 Å². The molecule has 0 heterocycles. The van der Waals surface area contributed by atoms with Crippen molar-refractivity contribution in [3.8, 4) is 0 Å². The summed E-state index contributed by atoms with van der Waals surface area (Å²) in [6, 6.07) is 14.5. The summed E-state index contributed by atoms with van der Waals surface area (Å²) in [7, 11) is 1.95. The number of carbonyl (C=O) groups is 1. The number of nitrogens with one attached hydrogen (secondary N) is 1. The first kappa shape index (κ1) is 15.4. The second-order valence-electron chi connectivity index (χ2n) is 6.17. The lowest BCUT2D eigenvalue weighted by atomic mass is 10.0. The molecule has 0 aromatic heterocycles. The first-order valence-corrected chi connectivity index (χ1v) is 7.42. The van der Waals surface area contributed by atoms with Crippen molar-refractivity contribution >= 4 is 22.4 Å². The first-order valence-electron chi connectivity index (χ1n) is 7.42. The molecule has 0 atom stereocenters. The molecule has 0 saturated heterocycles. The van der Waals surface area contributed by atoms with Crippen LogP contribution < -0.4 is 10.2 Å². The maximum Gasteiger partial charge on any atom is 0.239 e. The minimum absolute atomic E-state index is 0.0532. The Kier molecular flexibility index (Phi) is 4.51. The Labute approximate surface area is 127 Å². The van der Waals surface area contributed by atoms with E-state index in [0.717, 1.165) is 12.1 Å². The van der Waals surface area contributed by atoms with Crippen LogP contribution in [0.15, 0.2) is 42.5 Å². The number of benzene rings is 2. The molecule has 2 rings (SSSR count). The number of rotatable bonds is 5. The summed E-state index contributed by atoms with van der Waals surface area (Å²) >= 11 is 0. The number of fused-ring (bicyclic) bond motifs is 1. The van der Waals surface area contributed by atoms with Crippen molar-refractivity contribution in [2.75, 3.05) is 18.5 Å². The normalized spacial score (nSPS) is 11.4. The van der Waals surface area contributed by atoms with E-state index in [9.17, 15) is 4.79 Å². The molecular weight excluding hydrogens is 260 g/mol. The quantitative estimate of drug-likeness (QED) is 0.910. The Hall–Kier alpha value is -2.03. The van der Waals surface area contributed by atoms with Gasteiger partial charge in [0.2, 0.25) is 5.91 Å². The molecule has 21 heavy (non-hydrogen) atoms. The lowest BCUT2D eigenvalue weighted by molar-refractivity contribution is -0.121. The van der Waals surface area contributed by atoms with E-state index >= 15 is 0 Å². The van der Waals surface area contributed by atoms with E-state index in [-0.39, 0.29) is 11.4 Å². The summed E-state index contributed by atoms with van der Waals surface area (Å²) in [5, 5.41) is 5.47. The summed E-state index contributed by atoms with van der Waals surface area (Å²) in [6.07, 6.45) is 0.915. The van der Waals surface area contributed by atoms with Gasteiger partial charge in [0.15, 0.2) is 0 Å². The van der Waals surface area contributed by atoms with E-state index in [1.165, 1.54) is 10.8 Å². The average molecular weight is 284 g/mol. The molecule has 0 saturated carbocycles. The molecule has 0 radical (unpaired) electrons. The Bertz CT molecular complexity index is 634. The van der Waals surface area contributed by atoms with Crippen molar-refractivity contribution < 1.29 is 4.79 Å². The lowest BCUT2D eigenvalue weighted by Gasteiger charge is -2.27. The number of likely N-dealkylation sites (N-methyl/N-ethyl adjacent to an activating group) is 1. The van der Waals surface area contributed by atoms with Crippen molar-refractivity contribution in [1.82, 2.24) is 5.32 Å². The zero-order chi connectivity index (χ0) is 15.5. The van der Waals surface area contributed by atoms with Gasteiger partial charge >= 0.3 is 0 Å². The molecular formula is C18H24N2O. The highest BCUT2D eigenvalue weighted by Gasteiger charge is 2.18. The standard InChI is InChI=1S/C18H24N2O/c1-5-18(2,3)19-17(21)13-20(4)16-11-10-14-8-6-7-9-15(14)12-16/h6-12H,5,13H2,1-4H3,(H,19,21). The van der Waals surface area contributed by atoms with E-state index in [2.05, 4.69) is 42.6 Å². The fraction of sp³-hybridized carbons (Fsp3) is 0.389. The van der Waals surface area contributed by atoms with Gasteiger partial charge in [-0.15, -0.1) is 0 Å². The molecule has 0 fully saturated rings. The maximum atomic E-state index is 12.1. The van der Waals surface area contributed by atoms with Gasteiger partial charge in [-0.05, 0) is 43.2 Å². The van der Waals surface area contributed by atoms with Crippen LogP contribution in [0.4, 0.5) is 5.69 Å². The Morgan fingerprint density at radius 3 is 2.48 bits per heavy atom. The molecule has 0 aliphatic heterocycles. The zero-order valence-electron chi connectivity index (χ0n) is 13.3. The lowest BCUT2D eigenvalue weighted by Crippen LogP contribution is -2.46. The predicted molar refractivity (Wildman–Crippen MR) is 89.7 cm³/mol. The van der Waals surface area contributed by atoms with Gasteiger partial charge in [0.25, 0.3) is 0 Å². The number of hydrogen-bond donors (Lipinski definition) is 1. The predicted octanol–water partition coefficient (Wildman–Crippen LogP) is 3.58. The largest absolute Gasteiger partial charge is 0.365 e. The minimum Gasteiger partial charge on any atom is -0.365 e. The molecule has 0 aliphatic carbocycles. The molecule has 0 spiro atoms.